The molecule has 1 aromatic carbocycles. The number of anilines is 2. The second kappa shape index (κ2) is 10.1. The van der Waals surface area contributed by atoms with Gasteiger partial charge in [-0.2, -0.15) is 4.98 Å². The molecule has 0 saturated carbocycles. The summed E-state index contributed by atoms with van der Waals surface area (Å²) in [4.78, 5) is 41.6. The molecule has 0 saturated heterocycles. The van der Waals surface area contributed by atoms with Crippen molar-refractivity contribution < 1.29 is 14.6 Å². The first-order valence-electron chi connectivity index (χ1n) is 14.2. The number of carbonyl (C=O) groups excluding carboxylic acids is 1. The minimum absolute atomic E-state index is 0.244. The Bertz CT molecular complexity index is 1780. The van der Waals surface area contributed by atoms with E-state index in [1.165, 1.54) is 10.9 Å². The lowest BCUT2D eigenvalue weighted by molar-refractivity contribution is 0.0241. The van der Waals surface area contributed by atoms with Crippen LogP contribution in [-0.4, -0.2) is 46.0 Å². The summed E-state index contributed by atoms with van der Waals surface area (Å²) in [6, 6.07) is 9.67. The first-order chi connectivity index (χ1) is 20.0. The molecule has 4 heterocycles. The first-order valence-corrected chi connectivity index (χ1v) is 14.2. The topological polar surface area (TPSA) is 127 Å². The van der Waals surface area contributed by atoms with Crippen molar-refractivity contribution in [3.8, 4) is 5.82 Å². The molecule has 0 bridgehead atoms. The second-order valence-corrected chi connectivity index (χ2v) is 11.9. The number of ether oxygens (including phenoxy) is 1. The molecule has 42 heavy (non-hydrogen) atoms. The number of benzene rings is 1. The molecule has 11 nitrogen and oxygen atoms in total. The Morgan fingerprint density at radius 2 is 1.93 bits per heavy atom. The van der Waals surface area contributed by atoms with Gasteiger partial charge in [0, 0.05) is 25.0 Å². The van der Waals surface area contributed by atoms with Crippen molar-refractivity contribution in [3.63, 3.8) is 0 Å². The van der Waals surface area contributed by atoms with Gasteiger partial charge in [-0.3, -0.25) is 9.69 Å². The lowest BCUT2D eigenvalue weighted by atomic mass is 9.98. The molecule has 1 aliphatic carbocycles. The highest BCUT2D eigenvalue weighted by molar-refractivity contribution is 5.77. The van der Waals surface area contributed by atoms with Gasteiger partial charge in [-0.1, -0.05) is 25.1 Å². The summed E-state index contributed by atoms with van der Waals surface area (Å²) in [6.07, 6.45) is 4.73. The number of hydrogen-bond acceptors (Lipinski definition) is 8. The van der Waals surface area contributed by atoms with Crippen LogP contribution in [0.2, 0.25) is 0 Å². The van der Waals surface area contributed by atoms with Crippen molar-refractivity contribution in [1.29, 1.82) is 0 Å². The maximum atomic E-state index is 13.4. The molecule has 0 spiro atoms. The van der Waals surface area contributed by atoms with Crippen LogP contribution < -0.4 is 10.9 Å². The van der Waals surface area contributed by atoms with Gasteiger partial charge in [-0.25, -0.2) is 24.1 Å². The largest absolute Gasteiger partial charge is 0.444 e. The summed E-state index contributed by atoms with van der Waals surface area (Å²) in [5.41, 5.74) is 3.04. The van der Waals surface area contributed by atoms with Crippen molar-refractivity contribution in [2.24, 2.45) is 0 Å². The van der Waals surface area contributed by atoms with Crippen molar-refractivity contribution in [2.45, 2.75) is 77.8 Å². The number of allylic oxidation sites excluding steroid dienone is 1. The predicted octanol–water partition coefficient (Wildman–Crippen LogP) is 4.70. The highest BCUT2D eigenvalue weighted by Crippen LogP contribution is 2.38. The molecule has 1 amide bonds. The summed E-state index contributed by atoms with van der Waals surface area (Å²) >= 11 is 0. The van der Waals surface area contributed by atoms with Crippen LogP contribution in [0.5, 0.6) is 0 Å². The average Bonchev–Trinajstić information content (AvgIpc) is 3.60. The fourth-order valence-electron chi connectivity index (χ4n) is 5.67. The molecule has 6 rings (SSSR count). The monoisotopic (exact) mass is 569 g/mol. The Morgan fingerprint density at radius 3 is 2.67 bits per heavy atom. The van der Waals surface area contributed by atoms with E-state index in [1.54, 1.807) is 15.7 Å². The number of rotatable bonds is 6. The third-order valence-electron chi connectivity index (χ3n) is 7.83. The molecule has 0 unspecified atom stereocenters. The molecule has 1 atom stereocenters. The van der Waals surface area contributed by atoms with Crippen molar-refractivity contribution in [1.82, 2.24) is 29.2 Å². The zero-order valence-electron chi connectivity index (χ0n) is 24.3. The highest BCUT2D eigenvalue weighted by atomic mass is 16.6. The van der Waals surface area contributed by atoms with E-state index in [9.17, 15) is 14.7 Å². The number of amides is 1. The van der Waals surface area contributed by atoms with Crippen LogP contribution in [0, 0.1) is 0 Å². The van der Waals surface area contributed by atoms with E-state index < -0.39 is 11.2 Å². The lowest BCUT2D eigenvalue weighted by Crippen LogP contribution is -2.33. The SMILES string of the molecule is C=CCn1c(=O)c2cnc(Nc3ccc4c(c3)CN(C(=O)OC(C)(C)C)C4)nc2n1-c1ccc2c(n1)[C@@](O)(CC)CC2. The molecule has 1 aliphatic heterocycles. The number of nitrogens with one attached hydrogen (secondary N) is 1. The van der Waals surface area contributed by atoms with Crippen LogP contribution in [0.1, 0.15) is 62.9 Å². The van der Waals surface area contributed by atoms with Crippen molar-refractivity contribution >= 4 is 28.8 Å². The number of nitrogens with zero attached hydrogens (tertiary/aromatic N) is 6. The summed E-state index contributed by atoms with van der Waals surface area (Å²) in [5.74, 6) is 0.793. The van der Waals surface area contributed by atoms with E-state index >= 15 is 0 Å². The Kier molecular flexibility index (Phi) is 6.64. The van der Waals surface area contributed by atoms with Crippen molar-refractivity contribution in [2.75, 3.05) is 5.32 Å². The number of aliphatic hydroxyl groups is 1. The van der Waals surface area contributed by atoms with Crippen LogP contribution in [-0.2, 0) is 36.4 Å². The number of fused-ring (bicyclic) bond motifs is 3. The average molecular weight is 570 g/mol. The van der Waals surface area contributed by atoms with Gasteiger partial charge in [0.25, 0.3) is 5.56 Å². The van der Waals surface area contributed by atoms with Crippen molar-refractivity contribution in [3.05, 3.63) is 81.9 Å². The van der Waals surface area contributed by atoms with Gasteiger partial charge in [0.2, 0.25) is 5.95 Å². The molecule has 0 radical (unpaired) electrons. The number of aryl methyl sites for hydroxylation is 1. The minimum atomic E-state index is -0.994. The molecule has 218 valence electrons. The van der Waals surface area contributed by atoms with Gasteiger partial charge in [0.05, 0.1) is 12.2 Å². The minimum Gasteiger partial charge on any atom is -0.444 e. The van der Waals surface area contributed by atoms with E-state index in [4.69, 9.17) is 14.7 Å². The van der Waals surface area contributed by atoms with Crippen LogP contribution in [0.3, 0.4) is 0 Å². The van der Waals surface area contributed by atoms with Gasteiger partial charge in [-0.15, -0.1) is 6.58 Å². The Balaban J connectivity index is 1.34. The van der Waals surface area contributed by atoms with Crippen LogP contribution in [0.15, 0.2) is 54.0 Å². The maximum absolute atomic E-state index is 13.4. The normalized spacial score (nSPS) is 17.8. The molecule has 2 N–H and O–H groups in total. The van der Waals surface area contributed by atoms with Gasteiger partial charge >= 0.3 is 6.09 Å². The maximum Gasteiger partial charge on any atom is 0.410 e. The smallest absolute Gasteiger partial charge is 0.410 e. The Morgan fingerprint density at radius 1 is 1.17 bits per heavy atom. The number of pyridine rings is 1. The lowest BCUT2D eigenvalue weighted by Gasteiger charge is -2.24. The number of carbonyl (C=O) groups is 1. The van der Waals surface area contributed by atoms with Gasteiger partial charge in [-0.05, 0) is 74.9 Å². The van der Waals surface area contributed by atoms with E-state index in [0.29, 0.717) is 54.4 Å². The van der Waals surface area contributed by atoms with E-state index in [1.807, 2.05) is 58.0 Å². The van der Waals surface area contributed by atoms with Crippen LogP contribution in [0.4, 0.5) is 16.4 Å². The summed E-state index contributed by atoms with van der Waals surface area (Å²) in [6.45, 7) is 12.5. The van der Waals surface area contributed by atoms with Crippen LogP contribution in [0.25, 0.3) is 16.9 Å². The molecular formula is C31H35N7O4. The van der Waals surface area contributed by atoms with E-state index in [0.717, 1.165) is 28.8 Å². The molecule has 2 aliphatic rings. The second-order valence-electron chi connectivity index (χ2n) is 11.9. The molecule has 0 fully saturated rings. The first kappa shape index (κ1) is 27.6. The third-order valence-corrected chi connectivity index (χ3v) is 7.83. The zero-order valence-corrected chi connectivity index (χ0v) is 24.3. The highest BCUT2D eigenvalue weighted by Gasteiger charge is 2.37. The Hall–Kier alpha value is -4.51. The van der Waals surface area contributed by atoms with Gasteiger partial charge < -0.3 is 15.2 Å². The molecular weight excluding hydrogens is 534 g/mol. The zero-order chi connectivity index (χ0) is 29.8. The summed E-state index contributed by atoms with van der Waals surface area (Å²) in [7, 11) is 0. The van der Waals surface area contributed by atoms with E-state index in [-0.39, 0.29) is 18.2 Å². The molecule has 4 aromatic rings. The summed E-state index contributed by atoms with van der Waals surface area (Å²) in [5, 5.41) is 14.8. The number of aromatic nitrogens is 5. The molecule has 3 aromatic heterocycles. The van der Waals surface area contributed by atoms with Gasteiger partial charge in [0.1, 0.15) is 16.6 Å². The standard InChI is InChI=1S/C31H35N7O4/c1-6-14-37-27(39)23-16-32-28(33-22-10-8-20-17-36(18-21(20)15-22)29(40)42-30(3,4)5)35-26(23)38(37)24-11-9-19-12-13-31(41,7-2)25(19)34-24/h6,8-11,15-16,41H,1,7,12-14,17-18H2,2-5H3,(H,32,33,35)/t31-/m1/s1. The van der Waals surface area contributed by atoms with E-state index in [2.05, 4.69) is 16.9 Å². The third kappa shape index (κ3) is 4.83. The fraction of sp³-hybridized carbons (Fsp3) is 0.387. The van der Waals surface area contributed by atoms with Gasteiger partial charge in [0.15, 0.2) is 11.5 Å². The molecule has 11 heteroatoms. The number of hydrogen-bond donors (Lipinski definition) is 2. The quantitative estimate of drug-likeness (QED) is 0.320. The fourth-order valence-corrected chi connectivity index (χ4v) is 5.67. The van der Waals surface area contributed by atoms with Crippen LogP contribution >= 0.6 is 0 Å². The Labute approximate surface area is 243 Å². The predicted molar refractivity (Wildman–Crippen MR) is 159 cm³/mol. The summed E-state index contributed by atoms with van der Waals surface area (Å²) < 4.78 is 8.72.